The van der Waals surface area contributed by atoms with Crippen LogP contribution in [0.5, 0.6) is 5.75 Å². The maximum atomic E-state index is 12.9. The van der Waals surface area contributed by atoms with E-state index in [1.165, 1.54) is 23.1 Å². The molecule has 2 aromatic rings. The van der Waals surface area contributed by atoms with Crippen molar-refractivity contribution < 1.29 is 29.1 Å². The molecule has 1 atom stereocenters. The first-order chi connectivity index (χ1) is 17.5. The van der Waals surface area contributed by atoms with Gasteiger partial charge >= 0.3 is 5.97 Å². The van der Waals surface area contributed by atoms with Gasteiger partial charge < -0.3 is 15.3 Å². The highest BCUT2D eigenvalue weighted by Gasteiger charge is 2.43. The Morgan fingerprint density at radius 1 is 1.22 bits per heavy atom. The molecular formula is C23H24Cl2N4O6S2. The van der Waals surface area contributed by atoms with Gasteiger partial charge in [0.1, 0.15) is 21.1 Å². The first-order valence-electron chi connectivity index (χ1n) is 11.6. The van der Waals surface area contributed by atoms with Gasteiger partial charge in [-0.2, -0.15) is 0 Å². The van der Waals surface area contributed by atoms with Crippen LogP contribution in [0.2, 0.25) is 10.0 Å². The van der Waals surface area contributed by atoms with Gasteiger partial charge in [0.2, 0.25) is 5.91 Å². The molecule has 3 heterocycles. The Kier molecular flexibility index (Phi) is 8.32. The maximum Gasteiger partial charge on any atom is 0.333 e. The Hall–Kier alpha value is -2.41. The summed E-state index contributed by atoms with van der Waals surface area (Å²) in [5.41, 5.74) is 0.546. The van der Waals surface area contributed by atoms with E-state index in [4.69, 9.17) is 28.0 Å². The molecule has 2 aliphatic heterocycles. The molecule has 1 fully saturated rings. The third-order valence-corrected chi connectivity index (χ3v) is 9.04. The summed E-state index contributed by atoms with van der Waals surface area (Å²) >= 11 is 14.9. The van der Waals surface area contributed by atoms with Crippen LogP contribution in [-0.2, 0) is 24.0 Å². The van der Waals surface area contributed by atoms with E-state index in [1.807, 2.05) is 13.8 Å². The molecule has 0 radical (unpaired) electrons. The summed E-state index contributed by atoms with van der Waals surface area (Å²) in [6.07, 6.45) is 1.97. The van der Waals surface area contributed by atoms with E-state index < -0.39 is 28.6 Å². The van der Waals surface area contributed by atoms with Crippen LogP contribution >= 0.6 is 46.3 Å². The van der Waals surface area contributed by atoms with E-state index in [9.17, 15) is 24.3 Å². The fourth-order valence-corrected chi connectivity index (χ4v) is 6.59. The van der Waals surface area contributed by atoms with Crippen LogP contribution in [0.3, 0.4) is 0 Å². The summed E-state index contributed by atoms with van der Waals surface area (Å²) in [5, 5.41) is 14.9. The predicted octanol–water partition coefficient (Wildman–Crippen LogP) is 4.23. The zero-order chi connectivity index (χ0) is 26.9. The Bertz CT molecular complexity index is 1300. The predicted molar refractivity (Wildman–Crippen MR) is 142 cm³/mol. The van der Waals surface area contributed by atoms with Crippen LogP contribution in [0.1, 0.15) is 57.4 Å². The van der Waals surface area contributed by atoms with Crippen LogP contribution in [0.4, 0.5) is 0 Å². The van der Waals surface area contributed by atoms with Crippen LogP contribution in [0, 0.1) is 0 Å². The van der Waals surface area contributed by atoms with E-state index in [0.29, 0.717) is 51.1 Å². The number of rotatable bonds is 9. The molecule has 0 saturated carbocycles. The third-order valence-electron chi connectivity index (χ3n) is 5.80. The average molecular weight is 588 g/mol. The maximum absolute atomic E-state index is 12.9. The summed E-state index contributed by atoms with van der Waals surface area (Å²) < 4.78 is 0.0878. The molecule has 0 spiro atoms. The largest absolute Gasteiger partial charge is 0.505 e. The number of amides is 3. The Morgan fingerprint density at radius 2 is 1.92 bits per heavy atom. The number of halogens is 2. The number of carbonyl (C=O) groups is 4. The zero-order valence-electron chi connectivity index (χ0n) is 20.0. The van der Waals surface area contributed by atoms with Crippen molar-refractivity contribution in [3.05, 3.63) is 21.1 Å². The molecule has 1 saturated heterocycles. The van der Waals surface area contributed by atoms with Crippen molar-refractivity contribution in [2.45, 2.75) is 63.2 Å². The van der Waals surface area contributed by atoms with E-state index in [0.717, 1.165) is 0 Å². The number of aliphatic imine (C=N–C) groups is 1. The summed E-state index contributed by atoms with van der Waals surface area (Å²) in [5.74, 6) is -2.05. The SMILES string of the molecule is CC1(C)SC(c2nc3cc(Cl)c(O)c(Cl)c3s2)=NC1C(=O)NCCCCCC(=O)ON1C(=O)CCC1=O. The molecule has 198 valence electrons. The minimum Gasteiger partial charge on any atom is -0.505 e. The lowest BCUT2D eigenvalue weighted by Gasteiger charge is -2.23. The summed E-state index contributed by atoms with van der Waals surface area (Å²) in [6, 6.07) is 0.913. The van der Waals surface area contributed by atoms with Crippen molar-refractivity contribution in [2.24, 2.45) is 4.99 Å². The van der Waals surface area contributed by atoms with Crippen molar-refractivity contribution in [3.8, 4) is 5.75 Å². The normalized spacial score (nSPS) is 19.0. The fraction of sp³-hybridized carbons (Fsp3) is 0.478. The molecule has 14 heteroatoms. The Balaban J connectivity index is 1.26. The van der Waals surface area contributed by atoms with Crippen LogP contribution in [-0.4, -0.2) is 61.2 Å². The Labute approximate surface area is 230 Å². The number of hydrogen-bond donors (Lipinski definition) is 2. The number of nitrogens with one attached hydrogen (secondary N) is 1. The second kappa shape index (κ2) is 11.1. The topological polar surface area (TPSA) is 138 Å². The number of aromatic nitrogens is 1. The Morgan fingerprint density at radius 3 is 2.62 bits per heavy atom. The van der Waals surface area contributed by atoms with E-state index in [1.54, 1.807) is 6.07 Å². The van der Waals surface area contributed by atoms with Crippen molar-refractivity contribution in [1.82, 2.24) is 15.4 Å². The molecule has 37 heavy (non-hydrogen) atoms. The number of nitrogens with zero attached hydrogens (tertiary/aromatic N) is 3. The minimum atomic E-state index is -0.632. The second-order valence-corrected chi connectivity index (χ2v) is 12.5. The van der Waals surface area contributed by atoms with Crippen molar-refractivity contribution >= 4 is 85.3 Å². The molecule has 2 aliphatic rings. The van der Waals surface area contributed by atoms with Gasteiger partial charge in [-0.3, -0.25) is 19.4 Å². The number of hydrogen-bond acceptors (Lipinski definition) is 10. The van der Waals surface area contributed by atoms with Crippen molar-refractivity contribution in [2.75, 3.05) is 6.54 Å². The number of thiazole rings is 1. The van der Waals surface area contributed by atoms with Gasteiger partial charge in [0.05, 0.1) is 15.2 Å². The number of imide groups is 1. The van der Waals surface area contributed by atoms with Gasteiger partial charge in [-0.25, -0.2) is 9.78 Å². The number of carbonyl (C=O) groups excluding carboxylic acids is 4. The molecule has 1 unspecified atom stereocenters. The standard InChI is InChI=1S/C23H24Cl2N4O6S2/c1-23(2)19(28-22(37-23)21-27-12-10-11(24)17(33)16(25)18(12)36-21)20(34)26-9-5-3-4-6-15(32)35-29-13(30)7-8-14(29)31/h10,19,33H,3-9H2,1-2H3,(H,26,34). The lowest BCUT2D eigenvalue weighted by atomic mass is 10.0. The first kappa shape index (κ1) is 27.6. The van der Waals surface area contributed by atoms with Gasteiger partial charge in [0, 0.05) is 30.6 Å². The first-order valence-corrected chi connectivity index (χ1v) is 14.0. The summed E-state index contributed by atoms with van der Waals surface area (Å²) in [7, 11) is 0. The number of hydroxylamine groups is 2. The highest BCUT2D eigenvalue weighted by Crippen LogP contribution is 2.44. The number of phenols is 1. The fourth-order valence-electron chi connectivity index (χ4n) is 3.84. The molecule has 10 nitrogen and oxygen atoms in total. The van der Waals surface area contributed by atoms with Crippen molar-refractivity contribution in [3.63, 3.8) is 0 Å². The highest BCUT2D eigenvalue weighted by molar-refractivity contribution is 8.16. The van der Waals surface area contributed by atoms with Gasteiger partial charge in [-0.05, 0) is 32.8 Å². The summed E-state index contributed by atoms with van der Waals surface area (Å²) in [4.78, 5) is 61.7. The lowest BCUT2D eigenvalue weighted by molar-refractivity contribution is -0.197. The minimum absolute atomic E-state index is 0.0576. The van der Waals surface area contributed by atoms with Gasteiger partial charge in [-0.15, -0.1) is 16.4 Å². The number of phenolic OH excluding ortho intramolecular Hbond substituents is 1. The van der Waals surface area contributed by atoms with Crippen molar-refractivity contribution in [1.29, 1.82) is 0 Å². The third kappa shape index (κ3) is 6.02. The van der Waals surface area contributed by atoms with Crippen LogP contribution in [0.25, 0.3) is 10.2 Å². The quantitative estimate of drug-likeness (QED) is 0.328. The zero-order valence-corrected chi connectivity index (χ0v) is 23.2. The molecule has 2 N–H and O–H groups in total. The average Bonchev–Trinajstić information content (AvgIpc) is 3.50. The molecule has 1 aromatic heterocycles. The number of benzene rings is 1. The van der Waals surface area contributed by atoms with Crippen LogP contribution < -0.4 is 5.32 Å². The molecular weight excluding hydrogens is 563 g/mol. The highest BCUT2D eigenvalue weighted by atomic mass is 35.5. The number of fused-ring (bicyclic) bond motifs is 1. The molecule has 3 amide bonds. The molecule has 1 aromatic carbocycles. The smallest absolute Gasteiger partial charge is 0.333 e. The van der Waals surface area contributed by atoms with Crippen LogP contribution in [0.15, 0.2) is 11.1 Å². The summed E-state index contributed by atoms with van der Waals surface area (Å²) in [6.45, 7) is 4.28. The molecule has 0 bridgehead atoms. The monoisotopic (exact) mass is 586 g/mol. The van der Waals surface area contributed by atoms with Gasteiger partial charge in [-0.1, -0.05) is 41.4 Å². The number of unbranched alkanes of at least 4 members (excludes halogenated alkanes) is 2. The molecule has 0 aliphatic carbocycles. The van der Waals surface area contributed by atoms with Gasteiger partial charge in [0.15, 0.2) is 5.75 Å². The lowest BCUT2D eigenvalue weighted by Crippen LogP contribution is -2.43. The number of thioether (sulfide) groups is 1. The van der Waals surface area contributed by atoms with E-state index in [-0.39, 0.29) is 41.0 Å². The van der Waals surface area contributed by atoms with E-state index >= 15 is 0 Å². The number of aromatic hydroxyl groups is 1. The second-order valence-electron chi connectivity index (χ2n) is 9.08. The van der Waals surface area contributed by atoms with Gasteiger partial charge in [0.25, 0.3) is 11.8 Å². The molecule has 4 rings (SSSR count). The van der Waals surface area contributed by atoms with E-state index in [2.05, 4.69) is 15.3 Å².